The molecule has 0 unspecified atom stereocenters. The van der Waals surface area contributed by atoms with E-state index in [1.165, 1.54) is 0 Å². The Morgan fingerprint density at radius 3 is 2.88 bits per heavy atom. The molecule has 0 saturated carbocycles. The van der Waals surface area contributed by atoms with Gasteiger partial charge in [-0.25, -0.2) is 9.59 Å². The highest BCUT2D eigenvalue weighted by Gasteiger charge is 2.18. The van der Waals surface area contributed by atoms with Gasteiger partial charge in [0.15, 0.2) is 5.82 Å². The molecule has 17 heavy (non-hydrogen) atoms. The molecule has 0 aromatic carbocycles. The summed E-state index contributed by atoms with van der Waals surface area (Å²) >= 11 is 0. The zero-order valence-corrected chi connectivity index (χ0v) is 9.34. The number of aliphatic carboxylic acids is 1. The van der Waals surface area contributed by atoms with Crippen molar-refractivity contribution in [1.29, 1.82) is 0 Å². The molecule has 1 rings (SSSR count). The van der Waals surface area contributed by atoms with Gasteiger partial charge in [0.2, 0.25) is 6.39 Å². The lowest BCUT2D eigenvalue weighted by atomic mass is 10.2. The van der Waals surface area contributed by atoms with Crippen molar-refractivity contribution in [3.8, 4) is 0 Å². The summed E-state index contributed by atoms with van der Waals surface area (Å²) in [5.41, 5.74) is 0. The zero-order valence-electron chi connectivity index (χ0n) is 9.34. The monoisotopic (exact) mass is 242 g/mol. The third-order valence-electron chi connectivity index (χ3n) is 1.99. The van der Waals surface area contributed by atoms with Crippen LogP contribution in [-0.4, -0.2) is 33.3 Å². The van der Waals surface area contributed by atoms with E-state index in [9.17, 15) is 9.59 Å². The minimum absolute atomic E-state index is 0.0841. The van der Waals surface area contributed by atoms with Crippen LogP contribution >= 0.6 is 0 Å². The Morgan fingerprint density at radius 1 is 1.59 bits per heavy atom. The van der Waals surface area contributed by atoms with Crippen LogP contribution in [0.1, 0.15) is 25.6 Å². The first-order valence-electron chi connectivity index (χ1n) is 5.16. The molecule has 1 heterocycles. The van der Waals surface area contributed by atoms with E-state index in [-0.39, 0.29) is 6.54 Å². The Labute approximate surface area is 97.4 Å². The standard InChI is InChI=1S/C9H14N4O4/c1-2-3-6(8(14)15)12-9(16)10-4-7-11-5-17-13-7/h5-6H,2-4H2,1H3,(H,14,15)(H2,10,12,16)/t6-/m1/s1. The number of hydrogen-bond acceptors (Lipinski definition) is 5. The summed E-state index contributed by atoms with van der Waals surface area (Å²) in [5.74, 6) is -0.732. The fourth-order valence-electron chi connectivity index (χ4n) is 1.18. The van der Waals surface area contributed by atoms with Crippen LogP contribution in [-0.2, 0) is 11.3 Å². The van der Waals surface area contributed by atoms with E-state index in [0.29, 0.717) is 18.7 Å². The third-order valence-corrected chi connectivity index (χ3v) is 1.99. The Morgan fingerprint density at radius 2 is 2.35 bits per heavy atom. The maximum atomic E-state index is 11.4. The lowest BCUT2D eigenvalue weighted by Crippen LogP contribution is -2.45. The predicted molar refractivity (Wildman–Crippen MR) is 56.0 cm³/mol. The van der Waals surface area contributed by atoms with Crippen molar-refractivity contribution in [2.45, 2.75) is 32.4 Å². The highest BCUT2D eigenvalue weighted by Crippen LogP contribution is 1.96. The van der Waals surface area contributed by atoms with Crippen molar-refractivity contribution in [2.24, 2.45) is 0 Å². The molecule has 1 atom stereocenters. The van der Waals surface area contributed by atoms with Gasteiger partial charge in [0, 0.05) is 0 Å². The topological polar surface area (TPSA) is 117 Å². The Hall–Kier alpha value is -2.12. The molecule has 0 aliphatic heterocycles. The fraction of sp³-hybridized carbons (Fsp3) is 0.556. The van der Waals surface area contributed by atoms with Crippen molar-refractivity contribution in [3.63, 3.8) is 0 Å². The summed E-state index contributed by atoms with van der Waals surface area (Å²) in [6.07, 6.45) is 2.19. The zero-order chi connectivity index (χ0) is 12.7. The SMILES string of the molecule is CCC[C@@H](NC(=O)NCc1ncon1)C(=O)O. The smallest absolute Gasteiger partial charge is 0.326 e. The highest BCUT2D eigenvalue weighted by atomic mass is 16.5. The van der Waals surface area contributed by atoms with Gasteiger partial charge < -0.3 is 20.3 Å². The molecule has 0 fully saturated rings. The Bertz CT molecular complexity index is 365. The number of carboxylic acids is 1. The van der Waals surface area contributed by atoms with Crippen LogP contribution in [0.2, 0.25) is 0 Å². The Kier molecular flexibility index (Phi) is 4.92. The van der Waals surface area contributed by atoms with Gasteiger partial charge in [-0.05, 0) is 6.42 Å². The molecule has 3 N–H and O–H groups in total. The molecule has 0 saturated heterocycles. The van der Waals surface area contributed by atoms with Gasteiger partial charge in [-0.1, -0.05) is 18.5 Å². The van der Waals surface area contributed by atoms with Crippen molar-refractivity contribution >= 4 is 12.0 Å². The summed E-state index contributed by atoms with van der Waals surface area (Å²) in [4.78, 5) is 25.8. The number of carbonyl (C=O) groups is 2. The van der Waals surface area contributed by atoms with E-state index in [1.54, 1.807) is 0 Å². The molecule has 0 aliphatic carbocycles. The highest BCUT2D eigenvalue weighted by molar-refractivity contribution is 5.82. The van der Waals surface area contributed by atoms with Crippen LogP contribution in [0.3, 0.4) is 0 Å². The van der Waals surface area contributed by atoms with Crippen LogP contribution in [0.15, 0.2) is 10.9 Å². The van der Waals surface area contributed by atoms with Gasteiger partial charge in [-0.2, -0.15) is 4.98 Å². The molecule has 0 bridgehead atoms. The van der Waals surface area contributed by atoms with E-state index < -0.39 is 18.0 Å². The second-order valence-corrected chi connectivity index (χ2v) is 3.35. The number of hydrogen-bond donors (Lipinski definition) is 3. The van der Waals surface area contributed by atoms with Gasteiger partial charge in [-0.3, -0.25) is 0 Å². The molecule has 0 spiro atoms. The van der Waals surface area contributed by atoms with Crippen LogP contribution < -0.4 is 10.6 Å². The second kappa shape index (κ2) is 6.46. The summed E-state index contributed by atoms with van der Waals surface area (Å²) in [5, 5.41) is 17.1. The first kappa shape index (κ1) is 12.9. The fourth-order valence-corrected chi connectivity index (χ4v) is 1.18. The van der Waals surface area contributed by atoms with Crippen LogP contribution in [0.25, 0.3) is 0 Å². The molecule has 1 aromatic rings. The molecule has 94 valence electrons. The first-order chi connectivity index (χ1) is 8.13. The number of nitrogens with one attached hydrogen (secondary N) is 2. The molecular weight excluding hydrogens is 228 g/mol. The molecular formula is C9H14N4O4. The lowest BCUT2D eigenvalue weighted by Gasteiger charge is -2.13. The summed E-state index contributed by atoms with van der Waals surface area (Å²) in [7, 11) is 0. The number of carboxylic acid groups (broad SMARTS) is 1. The number of amides is 2. The van der Waals surface area contributed by atoms with E-state index in [4.69, 9.17) is 5.11 Å². The van der Waals surface area contributed by atoms with E-state index >= 15 is 0 Å². The number of rotatable bonds is 6. The molecule has 1 aromatic heterocycles. The third kappa shape index (κ3) is 4.49. The van der Waals surface area contributed by atoms with Crippen molar-refractivity contribution in [1.82, 2.24) is 20.8 Å². The van der Waals surface area contributed by atoms with E-state index in [0.717, 1.165) is 6.39 Å². The quantitative estimate of drug-likeness (QED) is 0.652. The number of urea groups is 1. The number of carbonyl (C=O) groups excluding carboxylic acids is 1. The van der Waals surface area contributed by atoms with Gasteiger partial charge in [0.25, 0.3) is 0 Å². The van der Waals surface area contributed by atoms with Crippen LogP contribution in [0, 0.1) is 0 Å². The summed E-state index contributed by atoms with van der Waals surface area (Å²) in [6.45, 7) is 1.93. The van der Waals surface area contributed by atoms with Crippen LogP contribution in [0.4, 0.5) is 4.79 Å². The maximum Gasteiger partial charge on any atom is 0.326 e. The lowest BCUT2D eigenvalue weighted by molar-refractivity contribution is -0.139. The van der Waals surface area contributed by atoms with Gasteiger partial charge in [0.05, 0.1) is 6.54 Å². The minimum atomic E-state index is -1.05. The van der Waals surface area contributed by atoms with Crippen molar-refractivity contribution in [2.75, 3.05) is 0 Å². The first-order valence-corrected chi connectivity index (χ1v) is 5.16. The Balaban J connectivity index is 2.34. The van der Waals surface area contributed by atoms with Crippen LogP contribution in [0.5, 0.6) is 0 Å². The van der Waals surface area contributed by atoms with Crippen molar-refractivity contribution in [3.05, 3.63) is 12.2 Å². The molecule has 8 nitrogen and oxygen atoms in total. The van der Waals surface area contributed by atoms with Gasteiger partial charge >= 0.3 is 12.0 Å². The summed E-state index contributed by atoms with van der Waals surface area (Å²) in [6, 6.07) is -1.46. The minimum Gasteiger partial charge on any atom is -0.480 e. The molecule has 8 heteroatoms. The van der Waals surface area contributed by atoms with E-state index in [1.807, 2.05) is 6.92 Å². The predicted octanol–water partition coefficient (Wildman–Crippen LogP) is 0.122. The average Bonchev–Trinajstić information content (AvgIpc) is 2.78. The van der Waals surface area contributed by atoms with E-state index in [2.05, 4.69) is 25.3 Å². The largest absolute Gasteiger partial charge is 0.480 e. The number of nitrogens with zero attached hydrogens (tertiary/aromatic N) is 2. The van der Waals surface area contributed by atoms with Crippen molar-refractivity contribution < 1.29 is 19.2 Å². The average molecular weight is 242 g/mol. The van der Waals surface area contributed by atoms with Gasteiger partial charge in [-0.15, -0.1) is 0 Å². The molecule has 2 amide bonds. The second-order valence-electron chi connectivity index (χ2n) is 3.35. The number of aromatic nitrogens is 2. The molecule has 0 aliphatic rings. The summed E-state index contributed by atoms with van der Waals surface area (Å²) < 4.78 is 4.48. The maximum absolute atomic E-state index is 11.4. The molecule has 0 radical (unpaired) electrons. The van der Waals surface area contributed by atoms with Gasteiger partial charge in [0.1, 0.15) is 6.04 Å². The normalized spacial score (nSPS) is 11.8.